The van der Waals surface area contributed by atoms with Crippen LogP contribution in [0, 0.1) is 15.9 Å². The number of likely N-dealkylation sites (N-methyl/N-ethyl adjacent to an activating group) is 1. The Labute approximate surface area is 119 Å². The lowest BCUT2D eigenvalue weighted by Crippen LogP contribution is -2.43. The van der Waals surface area contributed by atoms with E-state index >= 15 is 0 Å². The molecule has 0 saturated carbocycles. The number of nitrogens with one attached hydrogen (secondary N) is 2. The fourth-order valence-electron chi connectivity index (χ4n) is 1.55. The van der Waals surface area contributed by atoms with Crippen molar-refractivity contribution in [2.45, 2.75) is 17.9 Å². The van der Waals surface area contributed by atoms with Gasteiger partial charge in [0, 0.05) is 13.1 Å². The highest BCUT2D eigenvalue weighted by atomic mass is 32.2. The van der Waals surface area contributed by atoms with E-state index in [-0.39, 0.29) is 0 Å². The van der Waals surface area contributed by atoms with Crippen LogP contribution >= 0.6 is 0 Å². The number of anilines is 1. The number of halogens is 1. The van der Waals surface area contributed by atoms with Gasteiger partial charge in [-0.15, -0.1) is 0 Å². The van der Waals surface area contributed by atoms with Gasteiger partial charge in [-0.3, -0.25) is 14.9 Å². The molecule has 0 heterocycles. The number of nitro groups is 1. The number of amides is 1. The molecule has 0 aliphatic heterocycles. The van der Waals surface area contributed by atoms with Crippen molar-refractivity contribution >= 4 is 27.3 Å². The molecule has 1 amide bonds. The number of rotatable bonds is 5. The molecule has 116 valence electrons. The van der Waals surface area contributed by atoms with Gasteiger partial charge >= 0.3 is 0 Å². The number of nitrogens with zero attached hydrogens (tertiary/aromatic N) is 1. The lowest BCUT2D eigenvalue weighted by Gasteiger charge is -2.14. The van der Waals surface area contributed by atoms with Crippen molar-refractivity contribution in [1.82, 2.24) is 10.0 Å². The van der Waals surface area contributed by atoms with E-state index in [9.17, 15) is 27.7 Å². The molecule has 1 aromatic rings. The van der Waals surface area contributed by atoms with Crippen LogP contribution in [0.5, 0.6) is 0 Å². The predicted octanol–water partition coefficient (Wildman–Crippen LogP) is -0.271. The van der Waals surface area contributed by atoms with E-state index in [1.165, 1.54) is 14.0 Å². The van der Waals surface area contributed by atoms with Gasteiger partial charge in [-0.05, 0) is 6.92 Å². The van der Waals surface area contributed by atoms with Crippen molar-refractivity contribution in [2.75, 3.05) is 12.8 Å². The first-order valence-corrected chi connectivity index (χ1v) is 7.05. The Bertz CT molecular complexity index is 668. The molecule has 0 aromatic heterocycles. The Morgan fingerprint density at radius 1 is 1.48 bits per heavy atom. The first-order valence-electron chi connectivity index (χ1n) is 5.57. The van der Waals surface area contributed by atoms with Crippen LogP contribution in [0.1, 0.15) is 6.92 Å². The number of hydrogen-bond acceptors (Lipinski definition) is 6. The van der Waals surface area contributed by atoms with Gasteiger partial charge in [-0.2, -0.15) is 4.72 Å². The molecule has 9 nitrogen and oxygen atoms in total. The van der Waals surface area contributed by atoms with Crippen LogP contribution < -0.4 is 15.8 Å². The molecule has 0 bridgehead atoms. The molecule has 1 atom stereocenters. The Morgan fingerprint density at radius 3 is 2.48 bits per heavy atom. The highest BCUT2D eigenvalue weighted by molar-refractivity contribution is 7.89. The number of nitrogens with two attached hydrogens (primary N) is 1. The zero-order chi connectivity index (χ0) is 16.4. The zero-order valence-electron chi connectivity index (χ0n) is 11.1. The maximum atomic E-state index is 13.8. The third kappa shape index (κ3) is 3.64. The van der Waals surface area contributed by atoms with Crippen LogP contribution in [0.15, 0.2) is 17.0 Å². The van der Waals surface area contributed by atoms with Crippen molar-refractivity contribution in [3.05, 3.63) is 28.1 Å². The largest absolute Gasteiger partial charge is 0.397 e. The summed E-state index contributed by atoms with van der Waals surface area (Å²) in [7, 11) is -3.15. The molecule has 1 unspecified atom stereocenters. The quantitative estimate of drug-likeness (QED) is 0.387. The standard InChI is InChI=1S/C10H13FN4O5S/c1-5(10(16)13-2)14-21(19,20)9-7(11)3-6(15(17)18)4-8(9)12/h3-5,14H,12H2,1-2H3,(H,13,16). The van der Waals surface area contributed by atoms with Crippen LogP contribution in [-0.2, 0) is 14.8 Å². The van der Waals surface area contributed by atoms with Gasteiger partial charge in [0.1, 0.15) is 4.90 Å². The summed E-state index contributed by atoms with van der Waals surface area (Å²) in [5.74, 6) is -2.02. The summed E-state index contributed by atoms with van der Waals surface area (Å²) in [5.41, 5.74) is 4.06. The molecule has 0 aliphatic rings. The normalized spacial score (nSPS) is 12.7. The van der Waals surface area contributed by atoms with Gasteiger partial charge in [-0.1, -0.05) is 0 Å². The van der Waals surface area contributed by atoms with Gasteiger partial charge in [0.2, 0.25) is 15.9 Å². The minimum Gasteiger partial charge on any atom is -0.397 e. The number of sulfonamides is 1. The molecule has 11 heteroatoms. The first-order chi connectivity index (χ1) is 9.60. The fourth-order valence-corrected chi connectivity index (χ4v) is 2.93. The third-order valence-electron chi connectivity index (χ3n) is 2.51. The van der Waals surface area contributed by atoms with Crippen molar-refractivity contribution in [2.24, 2.45) is 0 Å². The summed E-state index contributed by atoms with van der Waals surface area (Å²) < 4.78 is 39.7. The van der Waals surface area contributed by atoms with E-state index in [2.05, 4.69) is 5.32 Å². The second kappa shape index (κ2) is 6.01. The van der Waals surface area contributed by atoms with Crippen LogP contribution in [0.2, 0.25) is 0 Å². The second-order valence-corrected chi connectivity index (χ2v) is 5.71. The van der Waals surface area contributed by atoms with Gasteiger partial charge in [0.05, 0.1) is 22.7 Å². The number of carbonyl (C=O) groups excluding carboxylic acids is 1. The number of carbonyl (C=O) groups is 1. The molecule has 0 saturated heterocycles. The highest BCUT2D eigenvalue weighted by Gasteiger charge is 2.28. The number of non-ortho nitro benzene ring substituents is 1. The van der Waals surface area contributed by atoms with E-state index in [1.807, 2.05) is 4.72 Å². The van der Waals surface area contributed by atoms with Crippen LogP contribution in [0.4, 0.5) is 15.8 Å². The topological polar surface area (TPSA) is 144 Å². The molecule has 0 spiro atoms. The molecule has 0 radical (unpaired) electrons. The predicted molar refractivity (Wildman–Crippen MR) is 71.3 cm³/mol. The van der Waals surface area contributed by atoms with Gasteiger partial charge in [0.15, 0.2) is 5.82 Å². The maximum absolute atomic E-state index is 13.8. The minimum atomic E-state index is -4.45. The van der Waals surface area contributed by atoms with Crippen molar-refractivity contribution < 1.29 is 22.5 Å². The van der Waals surface area contributed by atoms with Gasteiger partial charge < -0.3 is 11.1 Å². The molecular weight excluding hydrogens is 307 g/mol. The maximum Gasteiger partial charge on any atom is 0.274 e. The lowest BCUT2D eigenvalue weighted by atomic mass is 10.3. The highest BCUT2D eigenvalue weighted by Crippen LogP contribution is 2.27. The van der Waals surface area contributed by atoms with Crippen LogP contribution in [0.25, 0.3) is 0 Å². The summed E-state index contributed by atoms with van der Waals surface area (Å²) in [6.45, 7) is 1.25. The first kappa shape index (κ1) is 16.8. The number of benzene rings is 1. The molecule has 0 aliphatic carbocycles. The lowest BCUT2D eigenvalue weighted by molar-refractivity contribution is -0.385. The van der Waals surface area contributed by atoms with E-state index in [0.29, 0.717) is 6.07 Å². The van der Waals surface area contributed by atoms with Gasteiger partial charge in [-0.25, -0.2) is 12.8 Å². The molecule has 1 aromatic carbocycles. The molecule has 21 heavy (non-hydrogen) atoms. The number of nitro benzene ring substituents is 1. The number of nitrogen functional groups attached to an aromatic ring is 1. The Kier molecular flexibility index (Phi) is 4.80. The average Bonchev–Trinajstić information content (AvgIpc) is 2.35. The SMILES string of the molecule is CNC(=O)C(C)NS(=O)(=O)c1c(N)cc([N+](=O)[O-])cc1F. The zero-order valence-corrected chi connectivity index (χ0v) is 11.9. The number of hydrogen-bond donors (Lipinski definition) is 3. The summed E-state index contributed by atoms with van der Waals surface area (Å²) in [4.78, 5) is 20.0. The third-order valence-corrected chi connectivity index (χ3v) is 4.14. The molecule has 4 N–H and O–H groups in total. The van der Waals surface area contributed by atoms with Crippen molar-refractivity contribution in [3.63, 3.8) is 0 Å². The van der Waals surface area contributed by atoms with E-state index in [4.69, 9.17) is 5.73 Å². The summed E-state index contributed by atoms with van der Waals surface area (Å²) >= 11 is 0. The Balaban J connectivity index is 3.27. The molecule has 0 fully saturated rings. The average molecular weight is 320 g/mol. The molecule has 1 rings (SSSR count). The fraction of sp³-hybridized carbons (Fsp3) is 0.300. The Morgan fingerprint density at radius 2 is 2.05 bits per heavy atom. The summed E-state index contributed by atoms with van der Waals surface area (Å²) in [6.07, 6.45) is 0. The summed E-state index contributed by atoms with van der Waals surface area (Å²) in [6, 6.07) is -0.00786. The van der Waals surface area contributed by atoms with E-state index < -0.39 is 49.0 Å². The minimum absolute atomic E-state index is 0.440. The van der Waals surface area contributed by atoms with E-state index in [0.717, 1.165) is 6.07 Å². The van der Waals surface area contributed by atoms with Gasteiger partial charge in [0.25, 0.3) is 5.69 Å². The molecular formula is C10H13FN4O5S. The summed E-state index contributed by atoms with van der Waals surface area (Å²) in [5, 5.41) is 12.7. The van der Waals surface area contributed by atoms with Crippen molar-refractivity contribution in [1.29, 1.82) is 0 Å². The monoisotopic (exact) mass is 320 g/mol. The Hall–Kier alpha value is -2.27. The van der Waals surface area contributed by atoms with Crippen LogP contribution in [0.3, 0.4) is 0 Å². The second-order valence-electron chi connectivity index (χ2n) is 4.06. The smallest absolute Gasteiger partial charge is 0.274 e. The van der Waals surface area contributed by atoms with Crippen molar-refractivity contribution in [3.8, 4) is 0 Å². The van der Waals surface area contributed by atoms with E-state index in [1.54, 1.807) is 0 Å². The van der Waals surface area contributed by atoms with Crippen LogP contribution in [-0.4, -0.2) is 32.3 Å².